The molecule has 27 heavy (non-hydrogen) atoms. The minimum atomic E-state index is -0.681. The number of hydrogen-bond donors (Lipinski definition) is 3. The number of rotatable bonds is 5. The quantitative estimate of drug-likeness (QED) is 0.750. The number of alkyl carbamates (subject to hydrolysis) is 1. The Morgan fingerprint density at radius 1 is 1.22 bits per heavy atom. The number of hydrogen-bond acceptors (Lipinski definition) is 3. The van der Waals surface area contributed by atoms with E-state index in [1.807, 2.05) is 30.5 Å². The van der Waals surface area contributed by atoms with Gasteiger partial charge in [0.2, 0.25) is 5.91 Å². The number of nitrogens with one attached hydrogen (secondary N) is 3. The second kappa shape index (κ2) is 8.03. The van der Waals surface area contributed by atoms with Crippen molar-refractivity contribution in [1.82, 2.24) is 15.6 Å². The third kappa shape index (κ3) is 5.25. The van der Waals surface area contributed by atoms with Gasteiger partial charge >= 0.3 is 6.09 Å². The number of aromatic amines is 1. The van der Waals surface area contributed by atoms with Crippen LogP contribution in [0.15, 0.2) is 30.5 Å². The number of aromatic nitrogens is 1. The smallest absolute Gasteiger partial charge is 0.408 e. The van der Waals surface area contributed by atoms with Crippen molar-refractivity contribution in [2.45, 2.75) is 70.6 Å². The largest absolute Gasteiger partial charge is 0.444 e. The second-order valence-corrected chi connectivity index (χ2v) is 8.25. The molecule has 1 aliphatic carbocycles. The third-order valence-electron chi connectivity index (χ3n) is 4.81. The van der Waals surface area contributed by atoms with Crippen LogP contribution in [0.2, 0.25) is 0 Å². The van der Waals surface area contributed by atoms with Crippen LogP contribution in [0, 0.1) is 0 Å². The molecule has 1 aromatic heterocycles. The summed E-state index contributed by atoms with van der Waals surface area (Å²) in [6.45, 7) is 5.42. The van der Waals surface area contributed by atoms with Gasteiger partial charge in [-0.15, -0.1) is 0 Å². The van der Waals surface area contributed by atoms with Crippen LogP contribution in [-0.4, -0.2) is 34.7 Å². The average molecular weight is 371 g/mol. The first-order chi connectivity index (χ1) is 12.8. The fraction of sp³-hybridized carbons (Fsp3) is 0.524. The monoisotopic (exact) mass is 371 g/mol. The van der Waals surface area contributed by atoms with Crippen LogP contribution in [0.25, 0.3) is 10.9 Å². The Labute approximate surface area is 160 Å². The van der Waals surface area contributed by atoms with Crippen LogP contribution in [0.1, 0.15) is 52.0 Å². The first-order valence-corrected chi connectivity index (χ1v) is 9.67. The third-order valence-corrected chi connectivity index (χ3v) is 4.81. The molecule has 1 saturated carbocycles. The zero-order chi connectivity index (χ0) is 19.4. The Bertz CT molecular complexity index is 800. The maximum absolute atomic E-state index is 12.9. The Hall–Kier alpha value is -2.50. The molecule has 1 aliphatic rings. The molecule has 0 unspecified atom stereocenters. The Morgan fingerprint density at radius 3 is 2.63 bits per heavy atom. The highest BCUT2D eigenvalue weighted by Crippen LogP contribution is 2.21. The van der Waals surface area contributed by atoms with Crippen LogP contribution in [-0.2, 0) is 16.0 Å². The van der Waals surface area contributed by atoms with E-state index in [0.29, 0.717) is 6.42 Å². The van der Waals surface area contributed by atoms with Crippen LogP contribution >= 0.6 is 0 Å². The zero-order valence-corrected chi connectivity index (χ0v) is 16.3. The van der Waals surface area contributed by atoms with Crippen molar-refractivity contribution in [2.24, 2.45) is 0 Å². The molecule has 1 atom stereocenters. The molecule has 2 aromatic rings. The molecule has 0 spiro atoms. The van der Waals surface area contributed by atoms with Crippen LogP contribution in [0.3, 0.4) is 0 Å². The minimum Gasteiger partial charge on any atom is -0.444 e. The van der Waals surface area contributed by atoms with E-state index in [9.17, 15) is 9.59 Å². The van der Waals surface area contributed by atoms with E-state index in [-0.39, 0.29) is 11.9 Å². The van der Waals surface area contributed by atoms with Gasteiger partial charge < -0.3 is 20.4 Å². The molecule has 1 aromatic carbocycles. The van der Waals surface area contributed by atoms with Crippen molar-refractivity contribution in [3.63, 3.8) is 0 Å². The van der Waals surface area contributed by atoms with E-state index in [4.69, 9.17) is 4.74 Å². The van der Waals surface area contributed by atoms with E-state index < -0.39 is 17.7 Å². The molecule has 0 aliphatic heterocycles. The molecule has 1 fully saturated rings. The molecule has 6 nitrogen and oxygen atoms in total. The molecule has 1 heterocycles. The Morgan fingerprint density at radius 2 is 1.93 bits per heavy atom. The fourth-order valence-corrected chi connectivity index (χ4v) is 3.55. The number of amides is 2. The van der Waals surface area contributed by atoms with Crippen molar-refractivity contribution in [3.05, 3.63) is 36.0 Å². The summed E-state index contributed by atoms with van der Waals surface area (Å²) in [5, 5.41) is 6.91. The molecule has 2 amide bonds. The molecule has 3 N–H and O–H groups in total. The molecular weight excluding hydrogens is 342 g/mol. The summed E-state index contributed by atoms with van der Waals surface area (Å²) in [4.78, 5) is 28.4. The van der Waals surface area contributed by atoms with Crippen molar-refractivity contribution in [3.8, 4) is 0 Å². The van der Waals surface area contributed by atoms with Crippen LogP contribution in [0.5, 0.6) is 0 Å². The van der Waals surface area contributed by atoms with Crippen LogP contribution in [0.4, 0.5) is 4.79 Å². The lowest BCUT2D eigenvalue weighted by Gasteiger charge is -2.24. The fourth-order valence-electron chi connectivity index (χ4n) is 3.55. The van der Waals surface area contributed by atoms with Gasteiger partial charge in [0, 0.05) is 29.6 Å². The molecule has 0 radical (unpaired) electrons. The number of carbonyl (C=O) groups is 2. The molecular formula is C21H29N3O3. The highest BCUT2D eigenvalue weighted by Gasteiger charge is 2.28. The van der Waals surface area contributed by atoms with E-state index in [0.717, 1.165) is 42.1 Å². The Balaban J connectivity index is 1.75. The summed E-state index contributed by atoms with van der Waals surface area (Å²) in [6, 6.07) is 7.46. The molecule has 6 heteroatoms. The normalized spacial score (nSPS) is 16.3. The number of benzene rings is 1. The predicted octanol–water partition coefficient (Wildman–Crippen LogP) is 3.66. The van der Waals surface area contributed by atoms with Gasteiger partial charge in [-0.2, -0.15) is 0 Å². The summed E-state index contributed by atoms with van der Waals surface area (Å²) < 4.78 is 5.36. The van der Waals surface area contributed by atoms with Gasteiger partial charge in [0.1, 0.15) is 11.6 Å². The summed E-state index contributed by atoms with van der Waals surface area (Å²) >= 11 is 0. The van der Waals surface area contributed by atoms with Crippen molar-refractivity contribution >= 4 is 22.9 Å². The first-order valence-electron chi connectivity index (χ1n) is 9.67. The summed E-state index contributed by atoms with van der Waals surface area (Å²) in [5.41, 5.74) is 1.39. The van der Waals surface area contributed by atoms with Gasteiger partial charge in [0.25, 0.3) is 0 Å². The Kier molecular flexibility index (Phi) is 5.73. The maximum Gasteiger partial charge on any atom is 0.408 e. The standard InChI is InChI=1S/C21H29N3O3/c1-21(2,3)27-20(26)24-18(19(25)23-15-8-4-5-9-15)12-14-13-22-17-11-7-6-10-16(14)17/h6-7,10-11,13,15,18,22H,4-5,8-9,12H2,1-3H3,(H,23,25)(H,24,26)/t18-/m0/s1. The van der Waals surface area contributed by atoms with E-state index in [1.54, 1.807) is 20.8 Å². The molecule has 0 saturated heterocycles. The number of carbonyl (C=O) groups excluding carboxylic acids is 2. The topological polar surface area (TPSA) is 83.2 Å². The SMILES string of the molecule is CC(C)(C)OC(=O)N[C@@H](Cc1c[nH]c2ccccc12)C(=O)NC1CCCC1. The van der Waals surface area contributed by atoms with Gasteiger partial charge in [-0.05, 0) is 45.2 Å². The predicted molar refractivity (Wildman–Crippen MR) is 106 cm³/mol. The summed E-state index contributed by atoms with van der Waals surface area (Å²) in [5.74, 6) is -0.155. The highest BCUT2D eigenvalue weighted by atomic mass is 16.6. The molecule has 0 bridgehead atoms. The lowest BCUT2D eigenvalue weighted by atomic mass is 10.0. The summed E-state index contributed by atoms with van der Waals surface area (Å²) in [7, 11) is 0. The van der Waals surface area contributed by atoms with Gasteiger partial charge in [-0.25, -0.2) is 4.79 Å². The van der Waals surface area contributed by atoms with E-state index in [1.165, 1.54) is 0 Å². The minimum absolute atomic E-state index is 0.155. The zero-order valence-electron chi connectivity index (χ0n) is 16.3. The van der Waals surface area contributed by atoms with Crippen molar-refractivity contribution in [2.75, 3.05) is 0 Å². The van der Waals surface area contributed by atoms with Crippen molar-refractivity contribution in [1.29, 1.82) is 0 Å². The van der Waals surface area contributed by atoms with Gasteiger partial charge in [-0.1, -0.05) is 31.0 Å². The molecule has 146 valence electrons. The van der Waals surface area contributed by atoms with Gasteiger partial charge in [-0.3, -0.25) is 4.79 Å². The highest BCUT2D eigenvalue weighted by molar-refractivity contribution is 5.88. The van der Waals surface area contributed by atoms with Crippen molar-refractivity contribution < 1.29 is 14.3 Å². The van der Waals surface area contributed by atoms with Gasteiger partial charge in [0.05, 0.1) is 0 Å². The average Bonchev–Trinajstić information content (AvgIpc) is 3.22. The van der Waals surface area contributed by atoms with Crippen LogP contribution < -0.4 is 10.6 Å². The number of para-hydroxylation sites is 1. The lowest BCUT2D eigenvalue weighted by molar-refractivity contribution is -0.123. The molecule has 3 rings (SSSR count). The van der Waals surface area contributed by atoms with E-state index in [2.05, 4.69) is 15.6 Å². The maximum atomic E-state index is 12.9. The summed E-state index contributed by atoms with van der Waals surface area (Å²) in [6.07, 6.45) is 6.00. The number of fused-ring (bicyclic) bond motifs is 1. The number of H-pyrrole nitrogens is 1. The first kappa shape index (κ1) is 19.3. The van der Waals surface area contributed by atoms with E-state index >= 15 is 0 Å². The second-order valence-electron chi connectivity index (χ2n) is 8.25. The van der Waals surface area contributed by atoms with Gasteiger partial charge in [0.15, 0.2) is 0 Å². The lowest BCUT2D eigenvalue weighted by Crippen LogP contribution is -2.51. The number of ether oxygens (including phenoxy) is 1.